The topological polar surface area (TPSA) is 95.9 Å². The molecule has 0 radical (unpaired) electrons. The van der Waals surface area contributed by atoms with Crippen molar-refractivity contribution in [2.45, 2.75) is 57.5 Å². The normalized spacial score (nSPS) is 23.1. The van der Waals surface area contributed by atoms with E-state index in [-0.39, 0.29) is 55.9 Å². The van der Waals surface area contributed by atoms with Crippen molar-refractivity contribution in [2.24, 2.45) is 11.8 Å². The highest BCUT2D eigenvalue weighted by molar-refractivity contribution is 5.86. The van der Waals surface area contributed by atoms with Gasteiger partial charge in [-0.15, -0.1) is 0 Å². The molecule has 0 spiro atoms. The number of hydrogen-bond donors (Lipinski definition) is 2. The Morgan fingerprint density at radius 1 is 1.00 bits per heavy atom. The number of esters is 1. The van der Waals surface area contributed by atoms with Crippen LogP contribution in [0.5, 0.6) is 0 Å². The van der Waals surface area contributed by atoms with E-state index in [1.807, 2.05) is 66.7 Å². The molecule has 0 saturated carbocycles. The summed E-state index contributed by atoms with van der Waals surface area (Å²) in [4.78, 5) is 40.9. The number of carbonyl (C=O) groups excluding carboxylic acids is 3. The first kappa shape index (κ1) is 27.6. The van der Waals surface area contributed by atoms with E-state index >= 15 is 0 Å². The van der Waals surface area contributed by atoms with Crippen LogP contribution in [-0.4, -0.2) is 53.6 Å². The van der Waals surface area contributed by atoms with Crippen LogP contribution in [0.25, 0.3) is 0 Å². The van der Waals surface area contributed by atoms with Gasteiger partial charge in [0.2, 0.25) is 11.8 Å². The molecule has 2 aliphatic rings. The Bertz CT molecular complexity index is 1120. The molecule has 0 fully saturated rings. The third-order valence-corrected chi connectivity index (χ3v) is 7.49. The molecule has 3 atom stereocenters. The fourth-order valence-corrected chi connectivity index (χ4v) is 5.30. The minimum Gasteiger partial charge on any atom is -0.464 e. The van der Waals surface area contributed by atoms with Gasteiger partial charge in [-0.05, 0) is 55.2 Å². The third kappa shape index (κ3) is 7.54. The van der Waals surface area contributed by atoms with E-state index < -0.39 is 5.92 Å². The number of nitrogens with one attached hydrogen (secondary N) is 1. The van der Waals surface area contributed by atoms with Crippen molar-refractivity contribution in [1.82, 2.24) is 10.2 Å². The first-order valence-electron chi connectivity index (χ1n) is 13.7. The number of aliphatic hydroxyl groups excluding tert-OH is 1. The highest BCUT2D eigenvalue weighted by atomic mass is 16.5. The zero-order valence-electron chi connectivity index (χ0n) is 21.9. The van der Waals surface area contributed by atoms with E-state index in [9.17, 15) is 19.5 Å². The van der Waals surface area contributed by atoms with Gasteiger partial charge in [0.15, 0.2) is 0 Å². The smallest absolute Gasteiger partial charge is 0.309 e. The monoisotopic (exact) mass is 518 g/mol. The number of cyclic esters (lactones) is 1. The molecule has 0 bridgehead atoms. The van der Waals surface area contributed by atoms with E-state index in [1.54, 1.807) is 4.90 Å². The van der Waals surface area contributed by atoms with Crippen molar-refractivity contribution in [3.63, 3.8) is 0 Å². The zero-order chi connectivity index (χ0) is 26.7. The second kappa shape index (κ2) is 13.9. The number of rotatable bonds is 5. The molecule has 0 aromatic heterocycles. The lowest BCUT2D eigenvalue weighted by Gasteiger charge is -2.36. The Morgan fingerprint density at radius 3 is 2.55 bits per heavy atom. The maximum absolute atomic E-state index is 13.3. The maximum Gasteiger partial charge on any atom is 0.309 e. The van der Waals surface area contributed by atoms with Crippen LogP contribution in [-0.2, 0) is 38.5 Å². The van der Waals surface area contributed by atoms with Crippen molar-refractivity contribution in [3.8, 4) is 0 Å². The predicted molar refractivity (Wildman–Crippen MR) is 145 cm³/mol. The van der Waals surface area contributed by atoms with Gasteiger partial charge in [0, 0.05) is 13.0 Å². The molecule has 7 nitrogen and oxygen atoms in total. The number of aliphatic hydroxyl groups is 1. The number of allylic oxidation sites excluding steroid dienone is 2. The Hall–Kier alpha value is -3.45. The number of hydrogen-bond acceptors (Lipinski definition) is 5. The molecule has 2 N–H and O–H groups in total. The summed E-state index contributed by atoms with van der Waals surface area (Å²) in [6, 6.07) is 17.6. The number of ether oxygens (including phenoxy) is 1. The van der Waals surface area contributed by atoms with Crippen molar-refractivity contribution >= 4 is 17.8 Å². The van der Waals surface area contributed by atoms with Gasteiger partial charge in [-0.1, -0.05) is 66.7 Å². The summed E-state index contributed by atoms with van der Waals surface area (Å²) in [5, 5.41) is 12.8. The predicted octanol–water partition coefficient (Wildman–Crippen LogP) is 3.59. The summed E-state index contributed by atoms with van der Waals surface area (Å²) in [6.45, 7) is 0.618. The van der Waals surface area contributed by atoms with Gasteiger partial charge < -0.3 is 20.1 Å². The zero-order valence-corrected chi connectivity index (χ0v) is 21.9. The second-order valence-electron chi connectivity index (χ2n) is 10.2. The Labute approximate surface area is 224 Å². The fourth-order valence-electron chi connectivity index (χ4n) is 5.30. The average molecular weight is 519 g/mol. The molecule has 0 unspecified atom stereocenters. The standard InChI is InChI=1S/C31H38N2O5/c34-22-28-19-24-12-8-9-15-27(24)21-33(28)29(35)20-25-13-6-1-2-7-14-26(18-23-10-4-3-5-11-23)31(37)38-17-16-32-30(25)36/h1,3-6,8-12,15,25-26,28,34H,2,7,13-14,16-22H2,(H,32,36)/t25-,26-,28+/m1/s1. The summed E-state index contributed by atoms with van der Waals surface area (Å²) < 4.78 is 5.52. The Balaban J connectivity index is 1.38. The fraction of sp³-hybridized carbons (Fsp3) is 0.452. The lowest BCUT2D eigenvalue weighted by molar-refractivity contribution is -0.149. The van der Waals surface area contributed by atoms with E-state index in [4.69, 9.17) is 4.74 Å². The summed E-state index contributed by atoms with van der Waals surface area (Å²) in [5.74, 6) is -1.35. The van der Waals surface area contributed by atoms with Crippen LogP contribution < -0.4 is 5.32 Å². The van der Waals surface area contributed by atoms with E-state index in [1.165, 1.54) is 0 Å². The van der Waals surface area contributed by atoms with Gasteiger partial charge in [-0.2, -0.15) is 0 Å². The molecule has 202 valence electrons. The first-order valence-corrected chi connectivity index (χ1v) is 13.7. The molecule has 2 aromatic carbocycles. The van der Waals surface area contributed by atoms with Crippen LogP contribution in [0, 0.1) is 11.8 Å². The molecular weight excluding hydrogens is 480 g/mol. The van der Waals surface area contributed by atoms with E-state index in [0.29, 0.717) is 25.8 Å². The summed E-state index contributed by atoms with van der Waals surface area (Å²) in [5.41, 5.74) is 3.33. The van der Waals surface area contributed by atoms with E-state index in [2.05, 4.69) is 5.32 Å². The molecular formula is C31H38N2O5. The Kier molecular flexibility index (Phi) is 10.1. The first-order chi connectivity index (χ1) is 18.5. The molecule has 2 aromatic rings. The molecule has 4 rings (SSSR count). The van der Waals surface area contributed by atoms with Gasteiger partial charge in [0.05, 0.1) is 31.0 Å². The summed E-state index contributed by atoms with van der Waals surface area (Å²) in [6.07, 6.45) is 8.12. The summed E-state index contributed by atoms with van der Waals surface area (Å²) >= 11 is 0. The van der Waals surface area contributed by atoms with Gasteiger partial charge in [-0.25, -0.2) is 0 Å². The molecule has 0 saturated heterocycles. The third-order valence-electron chi connectivity index (χ3n) is 7.49. The lowest BCUT2D eigenvalue weighted by Crippen LogP contribution is -2.47. The van der Waals surface area contributed by atoms with Crippen molar-refractivity contribution < 1.29 is 24.2 Å². The van der Waals surface area contributed by atoms with Crippen molar-refractivity contribution in [1.29, 1.82) is 0 Å². The summed E-state index contributed by atoms with van der Waals surface area (Å²) in [7, 11) is 0. The van der Waals surface area contributed by atoms with Crippen LogP contribution in [0.3, 0.4) is 0 Å². The maximum atomic E-state index is 13.3. The molecule has 7 heteroatoms. The van der Waals surface area contributed by atoms with E-state index in [0.717, 1.165) is 36.0 Å². The number of benzene rings is 2. The highest BCUT2D eigenvalue weighted by Gasteiger charge is 2.32. The highest BCUT2D eigenvalue weighted by Crippen LogP contribution is 2.25. The Morgan fingerprint density at radius 2 is 1.76 bits per heavy atom. The average Bonchev–Trinajstić information content (AvgIpc) is 2.94. The number of nitrogens with zero attached hydrogens (tertiary/aromatic N) is 1. The number of fused-ring (bicyclic) bond motifs is 1. The van der Waals surface area contributed by atoms with Crippen LogP contribution in [0.1, 0.15) is 48.8 Å². The molecule has 2 heterocycles. The van der Waals surface area contributed by atoms with Crippen molar-refractivity contribution in [2.75, 3.05) is 19.8 Å². The van der Waals surface area contributed by atoms with Gasteiger partial charge in [0.1, 0.15) is 6.61 Å². The van der Waals surface area contributed by atoms with Gasteiger partial charge in [-0.3, -0.25) is 14.4 Å². The van der Waals surface area contributed by atoms with Gasteiger partial charge in [0.25, 0.3) is 0 Å². The van der Waals surface area contributed by atoms with Crippen LogP contribution in [0.4, 0.5) is 0 Å². The second-order valence-corrected chi connectivity index (χ2v) is 10.2. The van der Waals surface area contributed by atoms with Crippen LogP contribution >= 0.6 is 0 Å². The number of amides is 2. The minimum atomic E-state index is -0.528. The molecule has 2 amide bonds. The number of carbonyl (C=O) groups is 3. The lowest BCUT2D eigenvalue weighted by atomic mass is 9.92. The van der Waals surface area contributed by atoms with Crippen LogP contribution in [0.15, 0.2) is 66.7 Å². The molecule has 2 aliphatic heterocycles. The quantitative estimate of drug-likeness (QED) is 0.466. The largest absolute Gasteiger partial charge is 0.464 e. The van der Waals surface area contributed by atoms with Gasteiger partial charge >= 0.3 is 5.97 Å². The SMILES string of the molecule is O=C1NCCOC(=O)[C@@H](Cc2ccccc2)CCCC=CC[C@@H]1CC(=O)N1Cc2ccccc2C[C@H]1CO. The minimum absolute atomic E-state index is 0.0633. The van der Waals surface area contributed by atoms with Crippen LogP contribution in [0.2, 0.25) is 0 Å². The molecule has 0 aliphatic carbocycles. The molecule has 38 heavy (non-hydrogen) atoms. The van der Waals surface area contributed by atoms with Crippen molar-refractivity contribution in [3.05, 3.63) is 83.4 Å².